The molecule has 134 valence electrons. The van der Waals surface area contributed by atoms with Crippen molar-refractivity contribution < 1.29 is 18.0 Å². The highest BCUT2D eigenvalue weighted by molar-refractivity contribution is 5.73. The summed E-state index contributed by atoms with van der Waals surface area (Å²) in [6, 6.07) is 5.41. The fourth-order valence-corrected chi connectivity index (χ4v) is 2.90. The largest absolute Gasteiger partial charge is 0.416 e. The van der Waals surface area contributed by atoms with E-state index in [0.717, 1.165) is 37.3 Å². The fourth-order valence-electron chi connectivity index (χ4n) is 2.90. The molecule has 1 unspecified atom stereocenters. The number of urea groups is 1. The van der Waals surface area contributed by atoms with Crippen molar-refractivity contribution in [3.8, 4) is 0 Å². The number of benzene rings is 1. The molecular formula is C17H24F3N3O. The van der Waals surface area contributed by atoms with E-state index in [4.69, 9.17) is 0 Å². The van der Waals surface area contributed by atoms with Crippen LogP contribution in [-0.4, -0.2) is 67.5 Å². The highest BCUT2D eigenvalue weighted by Crippen LogP contribution is 2.30. The molecular weight excluding hydrogens is 319 g/mol. The second-order valence-electron chi connectivity index (χ2n) is 6.49. The summed E-state index contributed by atoms with van der Waals surface area (Å²) in [5.41, 5.74) is 0.282. The molecule has 1 saturated heterocycles. The molecule has 0 aliphatic carbocycles. The van der Waals surface area contributed by atoms with Crippen LogP contribution in [0.1, 0.15) is 24.0 Å². The van der Waals surface area contributed by atoms with Crippen LogP contribution in [0.25, 0.3) is 0 Å². The highest BCUT2D eigenvalue weighted by atomic mass is 19.4. The Labute approximate surface area is 140 Å². The van der Waals surface area contributed by atoms with E-state index in [1.807, 2.05) is 11.8 Å². The SMILES string of the molecule is CC(CN1CCN(C(=O)N(C)C)CC1)c1ccc(C(F)(F)F)cc1. The Kier molecular flexibility index (Phi) is 5.74. The first-order valence-corrected chi connectivity index (χ1v) is 8.04. The van der Waals surface area contributed by atoms with E-state index in [1.54, 1.807) is 31.1 Å². The minimum absolute atomic E-state index is 0.0189. The number of nitrogens with zero attached hydrogens (tertiary/aromatic N) is 3. The number of alkyl halides is 3. The lowest BCUT2D eigenvalue weighted by molar-refractivity contribution is -0.137. The van der Waals surface area contributed by atoms with Gasteiger partial charge in [-0.2, -0.15) is 13.2 Å². The zero-order valence-corrected chi connectivity index (χ0v) is 14.3. The second-order valence-corrected chi connectivity index (χ2v) is 6.49. The normalized spacial score (nSPS) is 17.7. The average molecular weight is 343 g/mol. The van der Waals surface area contributed by atoms with Gasteiger partial charge in [0.25, 0.3) is 0 Å². The van der Waals surface area contributed by atoms with Crippen molar-refractivity contribution in [3.05, 3.63) is 35.4 Å². The maximum atomic E-state index is 12.6. The predicted molar refractivity (Wildman–Crippen MR) is 87.0 cm³/mol. The lowest BCUT2D eigenvalue weighted by atomic mass is 9.99. The number of rotatable bonds is 3. The number of carbonyl (C=O) groups excluding carboxylic acids is 1. The molecule has 0 aromatic heterocycles. The maximum absolute atomic E-state index is 12.6. The Morgan fingerprint density at radius 3 is 2.12 bits per heavy atom. The Balaban J connectivity index is 1.87. The summed E-state index contributed by atoms with van der Waals surface area (Å²) in [6.07, 6.45) is -4.29. The van der Waals surface area contributed by atoms with Crippen LogP contribution in [0.5, 0.6) is 0 Å². The summed E-state index contributed by atoms with van der Waals surface area (Å²) in [5, 5.41) is 0. The highest BCUT2D eigenvalue weighted by Gasteiger charge is 2.30. The van der Waals surface area contributed by atoms with Crippen molar-refractivity contribution in [2.24, 2.45) is 0 Å². The van der Waals surface area contributed by atoms with Gasteiger partial charge in [-0.05, 0) is 23.6 Å². The van der Waals surface area contributed by atoms with Gasteiger partial charge in [-0.25, -0.2) is 4.79 Å². The number of amides is 2. The van der Waals surface area contributed by atoms with Gasteiger partial charge in [-0.3, -0.25) is 4.90 Å². The third-order valence-corrected chi connectivity index (χ3v) is 4.36. The Hall–Kier alpha value is -1.76. The van der Waals surface area contributed by atoms with Crippen molar-refractivity contribution in [2.75, 3.05) is 46.8 Å². The molecule has 24 heavy (non-hydrogen) atoms. The number of hydrogen-bond acceptors (Lipinski definition) is 2. The third-order valence-electron chi connectivity index (χ3n) is 4.36. The first-order chi connectivity index (χ1) is 11.2. The standard InChI is InChI=1S/C17H24F3N3O/c1-13(14-4-6-15(7-5-14)17(18,19)20)12-22-8-10-23(11-9-22)16(24)21(2)3/h4-7,13H,8-12H2,1-3H3. The fraction of sp³-hybridized carbons (Fsp3) is 0.588. The van der Waals surface area contributed by atoms with Crippen LogP contribution in [0.4, 0.5) is 18.0 Å². The molecule has 0 bridgehead atoms. The van der Waals surface area contributed by atoms with E-state index in [1.165, 1.54) is 0 Å². The molecule has 0 saturated carbocycles. The van der Waals surface area contributed by atoms with Gasteiger partial charge >= 0.3 is 12.2 Å². The van der Waals surface area contributed by atoms with E-state index >= 15 is 0 Å². The van der Waals surface area contributed by atoms with Gasteiger partial charge in [0.05, 0.1) is 5.56 Å². The monoisotopic (exact) mass is 343 g/mol. The third kappa shape index (κ3) is 4.63. The number of hydrogen-bond donors (Lipinski definition) is 0. The summed E-state index contributed by atoms with van der Waals surface area (Å²) < 4.78 is 37.8. The summed E-state index contributed by atoms with van der Waals surface area (Å²) in [6.45, 7) is 5.71. The van der Waals surface area contributed by atoms with Gasteiger partial charge < -0.3 is 9.80 Å². The minimum atomic E-state index is -4.29. The van der Waals surface area contributed by atoms with Crippen molar-refractivity contribution in [2.45, 2.75) is 19.0 Å². The predicted octanol–water partition coefficient (Wildman–Crippen LogP) is 3.11. The maximum Gasteiger partial charge on any atom is 0.416 e. The zero-order valence-electron chi connectivity index (χ0n) is 14.3. The lowest BCUT2D eigenvalue weighted by Gasteiger charge is -2.37. The molecule has 0 N–H and O–H groups in total. The molecule has 1 atom stereocenters. The Morgan fingerprint density at radius 2 is 1.67 bits per heavy atom. The summed E-state index contributed by atoms with van der Waals surface area (Å²) in [7, 11) is 3.47. The van der Waals surface area contributed by atoms with Gasteiger partial charge in [0.15, 0.2) is 0 Å². The molecule has 1 heterocycles. The summed E-state index contributed by atoms with van der Waals surface area (Å²) >= 11 is 0. The lowest BCUT2D eigenvalue weighted by Crippen LogP contribution is -2.51. The van der Waals surface area contributed by atoms with E-state index in [2.05, 4.69) is 4.90 Å². The molecule has 1 aromatic carbocycles. The van der Waals surface area contributed by atoms with Crippen LogP contribution in [0.15, 0.2) is 24.3 Å². The molecule has 2 rings (SSSR count). The number of piperazine rings is 1. The van der Waals surface area contributed by atoms with Crippen molar-refractivity contribution >= 4 is 6.03 Å². The van der Waals surface area contributed by atoms with Gasteiger partial charge in [0.2, 0.25) is 0 Å². The van der Waals surface area contributed by atoms with Crippen LogP contribution in [0.3, 0.4) is 0 Å². The summed E-state index contributed by atoms with van der Waals surface area (Å²) in [5.74, 6) is 0.142. The molecule has 1 aromatic rings. The quantitative estimate of drug-likeness (QED) is 0.843. The van der Waals surface area contributed by atoms with Crippen molar-refractivity contribution in [1.82, 2.24) is 14.7 Å². The molecule has 4 nitrogen and oxygen atoms in total. The van der Waals surface area contributed by atoms with Crippen molar-refractivity contribution in [3.63, 3.8) is 0 Å². The van der Waals surface area contributed by atoms with Gasteiger partial charge in [0.1, 0.15) is 0 Å². The first-order valence-electron chi connectivity index (χ1n) is 8.04. The van der Waals surface area contributed by atoms with E-state index in [0.29, 0.717) is 13.1 Å². The van der Waals surface area contributed by atoms with Crippen LogP contribution in [-0.2, 0) is 6.18 Å². The number of halogens is 3. The number of carbonyl (C=O) groups is 1. The molecule has 1 aliphatic heterocycles. The van der Waals surface area contributed by atoms with Crippen molar-refractivity contribution in [1.29, 1.82) is 0 Å². The van der Waals surface area contributed by atoms with E-state index in [9.17, 15) is 18.0 Å². The van der Waals surface area contributed by atoms with Gasteiger partial charge in [0, 0.05) is 46.8 Å². The molecule has 7 heteroatoms. The summed E-state index contributed by atoms with van der Waals surface area (Å²) in [4.78, 5) is 17.5. The van der Waals surface area contributed by atoms with E-state index < -0.39 is 11.7 Å². The van der Waals surface area contributed by atoms with Crippen LogP contribution in [0, 0.1) is 0 Å². The molecule has 0 spiro atoms. The molecule has 0 radical (unpaired) electrons. The van der Waals surface area contributed by atoms with Crippen LogP contribution < -0.4 is 0 Å². The minimum Gasteiger partial charge on any atom is -0.331 e. The van der Waals surface area contributed by atoms with E-state index in [-0.39, 0.29) is 11.9 Å². The molecule has 1 aliphatic rings. The Bertz CT molecular complexity index is 549. The van der Waals surface area contributed by atoms with Gasteiger partial charge in [-0.15, -0.1) is 0 Å². The van der Waals surface area contributed by atoms with Crippen LogP contribution >= 0.6 is 0 Å². The second kappa shape index (κ2) is 7.42. The zero-order chi connectivity index (χ0) is 17.9. The van der Waals surface area contributed by atoms with Gasteiger partial charge in [-0.1, -0.05) is 19.1 Å². The molecule has 1 fully saturated rings. The first kappa shape index (κ1) is 18.6. The topological polar surface area (TPSA) is 26.8 Å². The smallest absolute Gasteiger partial charge is 0.331 e. The van der Waals surface area contributed by atoms with Crippen LogP contribution in [0.2, 0.25) is 0 Å². The molecule has 2 amide bonds. The average Bonchev–Trinajstić information content (AvgIpc) is 2.54. The Morgan fingerprint density at radius 1 is 1.12 bits per heavy atom.